The smallest absolute Gasteiger partial charge is 0.123 e. The van der Waals surface area contributed by atoms with Crippen molar-refractivity contribution < 1.29 is 39.1 Å². The summed E-state index contributed by atoms with van der Waals surface area (Å²) in [7, 11) is 0. The number of rotatable bonds is 4. The van der Waals surface area contributed by atoms with E-state index in [-0.39, 0.29) is 37.2 Å². The fourth-order valence-electron chi connectivity index (χ4n) is 2.71. The van der Waals surface area contributed by atoms with Crippen LogP contribution in [0.1, 0.15) is 39.8 Å². The zero-order valence-electron chi connectivity index (χ0n) is 18.9. The molecule has 0 aliphatic heterocycles. The third kappa shape index (κ3) is 8.47. The second-order valence-electron chi connectivity index (χ2n) is 8.60. The van der Waals surface area contributed by atoms with Crippen molar-refractivity contribution in [2.45, 2.75) is 53.2 Å². The van der Waals surface area contributed by atoms with Gasteiger partial charge in [0.2, 0.25) is 0 Å². The van der Waals surface area contributed by atoms with E-state index in [0.29, 0.717) is 23.4 Å². The largest absolute Gasteiger partial charge is 0.393 e. The minimum Gasteiger partial charge on any atom is -0.393 e. The molecule has 0 saturated heterocycles. The number of aromatic nitrogens is 2. The van der Waals surface area contributed by atoms with Crippen LogP contribution in [0.25, 0.3) is 22.5 Å². The van der Waals surface area contributed by atoms with Crippen LogP contribution < -0.4 is 0 Å². The Morgan fingerprint density at radius 2 is 1.56 bits per heavy atom. The Balaban J connectivity index is 0.000000400. The molecule has 4 nitrogen and oxygen atoms in total. The van der Waals surface area contributed by atoms with Gasteiger partial charge < -0.3 is 15.2 Å². The predicted octanol–water partition coefficient (Wildman–Crippen LogP) is 5.36. The first-order valence-corrected chi connectivity index (χ1v) is 10.1. The van der Waals surface area contributed by atoms with Gasteiger partial charge in [0, 0.05) is 37.8 Å². The minimum absolute atomic E-state index is 0. The fourth-order valence-corrected chi connectivity index (χ4v) is 2.71. The molecule has 0 bridgehead atoms. The van der Waals surface area contributed by atoms with Crippen molar-refractivity contribution in [3.63, 3.8) is 0 Å². The van der Waals surface area contributed by atoms with Gasteiger partial charge in [-0.1, -0.05) is 32.9 Å². The van der Waals surface area contributed by atoms with Crippen LogP contribution in [0, 0.1) is 30.0 Å². The third-order valence-corrected chi connectivity index (χ3v) is 4.60. The Labute approximate surface area is 202 Å². The Kier molecular flexibility index (Phi) is 10.7. The maximum atomic E-state index is 13.1. The monoisotopic (exact) mass is 620 g/mol. The zero-order valence-corrected chi connectivity index (χ0v) is 21.3. The molecule has 1 radical (unpaired) electrons. The summed E-state index contributed by atoms with van der Waals surface area (Å²) < 4.78 is 26.1. The average molecular weight is 620 g/mol. The summed E-state index contributed by atoms with van der Waals surface area (Å²) in [4.78, 5) is 8.84. The molecule has 1 heterocycles. The van der Waals surface area contributed by atoms with Crippen LogP contribution in [0.3, 0.4) is 0 Å². The minimum atomic E-state index is -0.410. The van der Waals surface area contributed by atoms with Crippen molar-refractivity contribution in [2.24, 2.45) is 5.41 Å². The van der Waals surface area contributed by atoms with E-state index in [1.807, 2.05) is 27.7 Å². The molecule has 175 valence electrons. The Morgan fingerprint density at radius 1 is 0.969 bits per heavy atom. The van der Waals surface area contributed by atoms with Gasteiger partial charge in [-0.15, -0.1) is 29.8 Å². The van der Waals surface area contributed by atoms with E-state index < -0.39 is 12.2 Å². The summed E-state index contributed by atoms with van der Waals surface area (Å²) in [6, 6.07) is 13.1. The van der Waals surface area contributed by atoms with Gasteiger partial charge in [-0.05, 0) is 43.4 Å². The van der Waals surface area contributed by atoms with Crippen LogP contribution in [0.2, 0.25) is 0 Å². The summed E-state index contributed by atoms with van der Waals surface area (Å²) in [6.07, 6.45) is 1.28. The van der Waals surface area contributed by atoms with Gasteiger partial charge >= 0.3 is 0 Å². The van der Waals surface area contributed by atoms with Crippen LogP contribution in [-0.2, 0) is 20.1 Å². The first kappa shape index (κ1) is 28.0. The second-order valence-corrected chi connectivity index (χ2v) is 8.60. The zero-order chi connectivity index (χ0) is 23.2. The summed E-state index contributed by atoms with van der Waals surface area (Å²) in [5.41, 5.74) is 3.24. The van der Waals surface area contributed by atoms with Gasteiger partial charge in [0.05, 0.1) is 23.6 Å². The molecule has 3 rings (SSSR count). The van der Waals surface area contributed by atoms with Crippen LogP contribution >= 0.6 is 0 Å². The Morgan fingerprint density at radius 3 is 2.03 bits per heavy atom. The maximum absolute atomic E-state index is 13.1. The van der Waals surface area contributed by atoms with Crippen LogP contribution in [0.4, 0.5) is 8.78 Å². The number of halogens is 2. The number of nitrogens with zero attached hydrogens (tertiary/aromatic N) is 2. The summed E-state index contributed by atoms with van der Waals surface area (Å²) in [5.74, 6) is -0.670. The average Bonchev–Trinajstić information content (AvgIpc) is 2.69. The van der Waals surface area contributed by atoms with Crippen molar-refractivity contribution in [1.29, 1.82) is 0 Å². The van der Waals surface area contributed by atoms with E-state index in [1.165, 1.54) is 24.3 Å². The molecule has 3 aromatic rings. The molecule has 0 aliphatic rings. The second kappa shape index (κ2) is 12.3. The molecule has 2 atom stereocenters. The standard InChI is InChI=1S/C17H11F2N2.C8H18O2.Ir/c1-11-10-20-16(12-2-6-14(18)7-3-12)17(21-11)13-4-8-15(19)9-5-13;1-6(9)5-7(10)8(2,3)4;/h2,4-10H,1H3;6-7,9-10H,5H2,1-4H3;/q-1;;. The number of aryl methyl sites for hydroxylation is 1. The predicted molar refractivity (Wildman–Crippen MR) is 118 cm³/mol. The number of hydrogen-bond acceptors (Lipinski definition) is 4. The molecule has 0 fully saturated rings. The number of aliphatic hydroxyl groups excluding tert-OH is 2. The van der Waals surface area contributed by atoms with Crippen molar-refractivity contribution in [1.82, 2.24) is 9.97 Å². The molecule has 2 unspecified atom stereocenters. The van der Waals surface area contributed by atoms with Gasteiger partial charge in [0.25, 0.3) is 0 Å². The molecular formula is C25H29F2IrN2O2-. The third-order valence-electron chi connectivity index (χ3n) is 4.60. The maximum Gasteiger partial charge on any atom is 0.123 e. The quantitative estimate of drug-likeness (QED) is 0.386. The molecule has 2 aromatic carbocycles. The number of aliphatic hydroxyl groups is 2. The fraction of sp³-hybridized carbons (Fsp3) is 0.360. The summed E-state index contributed by atoms with van der Waals surface area (Å²) >= 11 is 0. The Hall–Kier alpha value is -2.05. The van der Waals surface area contributed by atoms with Gasteiger partial charge in [-0.25, -0.2) is 4.39 Å². The van der Waals surface area contributed by atoms with Crippen molar-refractivity contribution in [3.05, 3.63) is 72.1 Å². The van der Waals surface area contributed by atoms with E-state index in [0.717, 1.165) is 11.3 Å². The molecule has 1 aromatic heterocycles. The first-order valence-electron chi connectivity index (χ1n) is 10.1. The van der Waals surface area contributed by atoms with Gasteiger partial charge in [-0.2, -0.15) is 0 Å². The molecule has 7 heteroatoms. The molecule has 0 aliphatic carbocycles. The van der Waals surface area contributed by atoms with Gasteiger partial charge in [0.1, 0.15) is 5.82 Å². The van der Waals surface area contributed by atoms with E-state index in [4.69, 9.17) is 5.11 Å². The van der Waals surface area contributed by atoms with E-state index >= 15 is 0 Å². The molecule has 0 saturated carbocycles. The first-order chi connectivity index (χ1) is 14.5. The van der Waals surface area contributed by atoms with Crippen molar-refractivity contribution in [2.75, 3.05) is 0 Å². The van der Waals surface area contributed by atoms with E-state index in [2.05, 4.69) is 16.0 Å². The van der Waals surface area contributed by atoms with Crippen molar-refractivity contribution >= 4 is 0 Å². The van der Waals surface area contributed by atoms with Gasteiger partial charge in [0.15, 0.2) is 0 Å². The van der Waals surface area contributed by atoms with Crippen LogP contribution in [0.15, 0.2) is 48.7 Å². The summed E-state index contributed by atoms with van der Waals surface area (Å²) in [5, 5.41) is 18.3. The normalized spacial score (nSPS) is 12.8. The Bertz CT molecular complexity index is 973. The molecule has 0 spiro atoms. The number of benzene rings is 2. The molecular weight excluding hydrogens is 591 g/mol. The molecule has 32 heavy (non-hydrogen) atoms. The van der Waals surface area contributed by atoms with E-state index in [1.54, 1.807) is 31.3 Å². The number of hydrogen-bond donors (Lipinski definition) is 2. The summed E-state index contributed by atoms with van der Waals surface area (Å²) in [6.45, 7) is 9.40. The SMILES string of the molecule is CC(O)CC(O)C(C)(C)C.Cc1cnc(-c2[c-]cc(F)cc2)c(-c2ccc(F)cc2)n1.[Ir]. The van der Waals surface area contributed by atoms with E-state index in [9.17, 15) is 13.9 Å². The van der Waals surface area contributed by atoms with Crippen LogP contribution in [0.5, 0.6) is 0 Å². The topological polar surface area (TPSA) is 66.2 Å². The molecule has 0 amide bonds. The van der Waals surface area contributed by atoms with Crippen molar-refractivity contribution in [3.8, 4) is 22.5 Å². The molecule has 2 N–H and O–H groups in total. The van der Waals surface area contributed by atoms with Crippen LogP contribution in [-0.4, -0.2) is 32.4 Å². The van der Waals surface area contributed by atoms with Gasteiger partial charge in [-0.3, -0.25) is 9.37 Å².